The Kier molecular flexibility index (Phi) is 3.89. The Morgan fingerprint density at radius 2 is 2.33 bits per heavy atom. The van der Waals surface area contributed by atoms with Crippen LogP contribution >= 0.6 is 24.0 Å². The summed E-state index contributed by atoms with van der Waals surface area (Å²) in [5, 5.41) is 0. The minimum absolute atomic E-state index is 1.02. The average molecular weight is 120 g/mol. The summed E-state index contributed by atoms with van der Waals surface area (Å²) in [6.45, 7) is 2.07. The van der Waals surface area contributed by atoms with Crippen LogP contribution in [0, 0.1) is 0 Å². The van der Waals surface area contributed by atoms with Crippen LogP contribution in [0.5, 0.6) is 0 Å². The quantitative estimate of drug-likeness (QED) is 0.486. The minimum atomic E-state index is 1.02. The van der Waals surface area contributed by atoms with Gasteiger partial charge in [0.25, 0.3) is 0 Å². The van der Waals surface area contributed by atoms with Gasteiger partial charge in [-0.05, 0) is 12.7 Å². The Labute approximate surface area is 48.3 Å². The van der Waals surface area contributed by atoms with Crippen molar-refractivity contribution in [3.63, 3.8) is 0 Å². The van der Waals surface area contributed by atoms with Gasteiger partial charge in [0.05, 0.1) is 0 Å². The third-order valence-electron chi connectivity index (χ3n) is 0.516. The van der Waals surface area contributed by atoms with Gasteiger partial charge in [0, 0.05) is 4.20 Å². The molecule has 0 heterocycles. The van der Waals surface area contributed by atoms with Crippen molar-refractivity contribution < 1.29 is 0 Å². The van der Waals surface area contributed by atoms with E-state index in [0.717, 1.165) is 10.6 Å². The van der Waals surface area contributed by atoms with Crippen LogP contribution in [0.15, 0.2) is 0 Å². The van der Waals surface area contributed by atoms with Crippen molar-refractivity contribution in [2.24, 2.45) is 0 Å². The highest BCUT2D eigenvalue weighted by atomic mass is 32.2. The molecule has 0 rings (SSSR count). The van der Waals surface area contributed by atoms with E-state index in [1.54, 1.807) is 11.8 Å². The van der Waals surface area contributed by atoms with E-state index in [-0.39, 0.29) is 0 Å². The second-order valence-corrected chi connectivity index (χ2v) is 2.58. The summed E-state index contributed by atoms with van der Waals surface area (Å²) < 4.78 is 1.09. The summed E-state index contributed by atoms with van der Waals surface area (Å²) in [6.07, 6.45) is 3.03. The lowest BCUT2D eigenvalue weighted by molar-refractivity contribution is 1.35. The van der Waals surface area contributed by atoms with Crippen molar-refractivity contribution in [1.82, 2.24) is 0 Å². The predicted octanol–water partition coefficient (Wildman–Crippen LogP) is 2.09. The molecule has 0 amide bonds. The molecular formula is C4H8S2. The Morgan fingerprint density at radius 3 is 2.33 bits per heavy atom. The van der Waals surface area contributed by atoms with Gasteiger partial charge in [0.15, 0.2) is 0 Å². The van der Waals surface area contributed by atoms with Gasteiger partial charge in [0.1, 0.15) is 0 Å². The van der Waals surface area contributed by atoms with Gasteiger partial charge in [-0.2, -0.15) is 0 Å². The number of rotatable bonds is 1. The summed E-state index contributed by atoms with van der Waals surface area (Å²) in [7, 11) is 0. The average Bonchev–Trinajstić information content (AvgIpc) is 1.65. The molecule has 0 unspecified atom stereocenters. The van der Waals surface area contributed by atoms with Crippen LogP contribution in [0.1, 0.15) is 13.3 Å². The lowest BCUT2D eigenvalue weighted by Gasteiger charge is -1.85. The molecule has 0 aromatic carbocycles. The van der Waals surface area contributed by atoms with E-state index in [2.05, 4.69) is 6.92 Å². The van der Waals surface area contributed by atoms with Crippen molar-refractivity contribution in [3.05, 3.63) is 0 Å². The highest BCUT2D eigenvalue weighted by molar-refractivity contribution is 8.22. The first-order valence-corrected chi connectivity index (χ1v) is 3.51. The van der Waals surface area contributed by atoms with Crippen LogP contribution in [0.3, 0.4) is 0 Å². The minimum Gasteiger partial charge on any atom is -0.122 e. The molecule has 0 aliphatic carbocycles. The highest BCUT2D eigenvalue weighted by Crippen LogP contribution is 1.99. The van der Waals surface area contributed by atoms with Crippen LogP contribution in [0.4, 0.5) is 0 Å². The highest BCUT2D eigenvalue weighted by Gasteiger charge is 1.81. The molecule has 0 aliphatic rings. The summed E-state index contributed by atoms with van der Waals surface area (Å²) in [5.41, 5.74) is 0. The van der Waals surface area contributed by atoms with Crippen molar-refractivity contribution >= 4 is 28.2 Å². The zero-order chi connectivity index (χ0) is 4.99. The smallest absolute Gasteiger partial charge is 0.0473 e. The maximum absolute atomic E-state index is 4.82. The first kappa shape index (κ1) is 6.44. The van der Waals surface area contributed by atoms with Crippen LogP contribution in [0.25, 0.3) is 0 Å². The van der Waals surface area contributed by atoms with Crippen molar-refractivity contribution in [2.45, 2.75) is 13.3 Å². The molecule has 0 radical (unpaired) electrons. The first-order valence-electron chi connectivity index (χ1n) is 1.88. The number of hydrogen-bond donors (Lipinski definition) is 0. The molecule has 2 heteroatoms. The normalized spacial score (nSPS) is 8.33. The van der Waals surface area contributed by atoms with Gasteiger partial charge in [-0.1, -0.05) is 19.1 Å². The van der Waals surface area contributed by atoms with Gasteiger partial charge in [0.2, 0.25) is 0 Å². The van der Waals surface area contributed by atoms with Gasteiger partial charge >= 0.3 is 0 Å². The largest absolute Gasteiger partial charge is 0.122 e. The number of hydrogen-bond acceptors (Lipinski definition) is 2. The SMILES string of the molecule is CCC(=S)SC. The van der Waals surface area contributed by atoms with E-state index in [9.17, 15) is 0 Å². The fourth-order valence-corrected chi connectivity index (χ4v) is 0.433. The summed E-state index contributed by atoms with van der Waals surface area (Å²) >= 11 is 6.48. The van der Waals surface area contributed by atoms with Crippen LogP contribution in [-0.2, 0) is 0 Å². The van der Waals surface area contributed by atoms with E-state index < -0.39 is 0 Å². The molecule has 36 valence electrons. The Bertz CT molecular complexity index is 43.5. The monoisotopic (exact) mass is 120 g/mol. The molecule has 0 bridgehead atoms. The summed E-state index contributed by atoms with van der Waals surface area (Å²) in [5.74, 6) is 0. The van der Waals surface area contributed by atoms with Crippen LogP contribution in [-0.4, -0.2) is 10.5 Å². The summed E-state index contributed by atoms with van der Waals surface area (Å²) in [6, 6.07) is 0. The zero-order valence-electron chi connectivity index (χ0n) is 4.02. The summed E-state index contributed by atoms with van der Waals surface area (Å²) in [4.78, 5) is 0. The van der Waals surface area contributed by atoms with Gasteiger partial charge in [-0.15, -0.1) is 11.8 Å². The zero-order valence-corrected chi connectivity index (χ0v) is 5.66. The maximum atomic E-state index is 4.82. The molecule has 6 heavy (non-hydrogen) atoms. The number of thioether (sulfide) groups is 1. The third-order valence-corrected chi connectivity index (χ3v) is 2.05. The molecule has 0 aromatic heterocycles. The molecule has 0 spiro atoms. The Balaban J connectivity index is 2.99. The molecule has 0 aliphatic heterocycles. The van der Waals surface area contributed by atoms with E-state index in [0.29, 0.717) is 0 Å². The van der Waals surface area contributed by atoms with Crippen molar-refractivity contribution in [3.8, 4) is 0 Å². The standard InChI is InChI=1S/C4H8S2/c1-3-4(5)6-2/h3H2,1-2H3. The van der Waals surface area contributed by atoms with E-state index in [1.807, 2.05) is 6.26 Å². The molecular weight excluding hydrogens is 112 g/mol. The molecule has 0 N–H and O–H groups in total. The Morgan fingerprint density at radius 1 is 1.83 bits per heavy atom. The fraction of sp³-hybridized carbons (Fsp3) is 0.750. The van der Waals surface area contributed by atoms with Gasteiger partial charge in [-0.3, -0.25) is 0 Å². The molecule has 0 aromatic rings. The molecule has 0 atom stereocenters. The second-order valence-electron chi connectivity index (χ2n) is 0.930. The van der Waals surface area contributed by atoms with E-state index in [4.69, 9.17) is 12.2 Å². The van der Waals surface area contributed by atoms with E-state index >= 15 is 0 Å². The van der Waals surface area contributed by atoms with Gasteiger partial charge < -0.3 is 0 Å². The first-order chi connectivity index (χ1) is 2.81. The molecule has 0 nitrogen and oxygen atoms in total. The van der Waals surface area contributed by atoms with E-state index in [1.165, 1.54) is 0 Å². The van der Waals surface area contributed by atoms with Crippen LogP contribution in [0.2, 0.25) is 0 Å². The van der Waals surface area contributed by atoms with Crippen molar-refractivity contribution in [1.29, 1.82) is 0 Å². The lowest BCUT2D eigenvalue weighted by Crippen LogP contribution is -1.77. The fourth-order valence-electron chi connectivity index (χ4n) is 0.144. The third kappa shape index (κ3) is 2.67. The number of thiocarbonyl (C=S) groups is 1. The maximum Gasteiger partial charge on any atom is 0.0473 e. The second kappa shape index (κ2) is 3.62. The topological polar surface area (TPSA) is 0 Å². The molecule has 0 saturated carbocycles. The van der Waals surface area contributed by atoms with Crippen LogP contribution < -0.4 is 0 Å². The molecule has 0 fully saturated rings. The lowest BCUT2D eigenvalue weighted by atomic mass is 10.6. The van der Waals surface area contributed by atoms with Gasteiger partial charge in [-0.25, -0.2) is 0 Å². The predicted molar refractivity (Wildman–Crippen MR) is 36.4 cm³/mol. The molecule has 0 saturated heterocycles. The Hall–Kier alpha value is 0.440. The van der Waals surface area contributed by atoms with Crippen molar-refractivity contribution in [2.75, 3.05) is 6.26 Å².